The topological polar surface area (TPSA) is 59.4 Å². The average Bonchev–Trinajstić information content (AvgIpc) is 2.82. The molecule has 1 N–H and O–H groups in total. The van der Waals surface area contributed by atoms with Gasteiger partial charge in [0.15, 0.2) is 5.69 Å². The van der Waals surface area contributed by atoms with Crippen LogP contribution in [0.15, 0.2) is 6.07 Å². The summed E-state index contributed by atoms with van der Waals surface area (Å²) in [5.41, 5.74) is 0.446. The van der Waals surface area contributed by atoms with Crippen LogP contribution in [0.4, 0.5) is 0 Å². The number of hydrogen-bond donors (Lipinski definition) is 1. The van der Waals surface area contributed by atoms with Gasteiger partial charge >= 0.3 is 0 Å². The molecule has 1 aromatic heterocycles. The van der Waals surface area contributed by atoms with Gasteiger partial charge in [-0.3, -0.25) is 4.79 Å². The molecule has 0 saturated carbocycles. The molecule has 0 spiro atoms. The molecule has 112 valence electrons. The molecule has 1 aromatic rings. The number of nitrogens with one attached hydrogen (secondary N) is 1. The lowest BCUT2D eigenvalue weighted by atomic mass is 10.1. The molecule has 0 fully saturated rings. The highest BCUT2D eigenvalue weighted by Gasteiger charge is 2.18. The lowest BCUT2D eigenvalue weighted by molar-refractivity contribution is 0.0931. The summed E-state index contributed by atoms with van der Waals surface area (Å²) in [5, 5.41) is 7.27. The number of carbonyl (C=O) groups is 1. The molecule has 0 radical (unpaired) electrons. The van der Waals surface area contributed by atoms with Crippen molar-refractivity contribution in [3.05, 3.63) is 11.8 Å². The van der Waals surface area contributed by atoms with Gasteiger partial charge in [-0.25, -0.2) is 4.68 Å². The molecule has 1 aliphatic heterocycles. The van der Waals surface area contributed by atoms with Crippen LogP contribution in [0.3, 0.4) is 0 Å². The van der Waals surface area contributed by atoms with Crippen LogP contribution in [0.1, 0.15) is 36.7 Å². The average molecular weight is 280 g/mol. The second-order valence-electron chi connectivity index (χ2n) is 5.61. The SMILES string of the molecule is CC(CCCN(C)C)NC(=O)c1cc2n(n1)CCCO2. The van der Waals surface area contributed by atoms with Gasteiger partial charge in [-0.2, -0.15) is 5.10 Å². The van der Waals surface area contributed by atoms with E-state index in [0.29, 0.717) is 18.2 Å². The Morgan fingerprint density at radius 2 is 2.40 bits per heavy atom. The number of amides is 1. The Morgan fingerprint density at radius 1 is 1.60 bits per heavy atom. The fraction of sp³-hybridized carbons (Fsp3) is 0.714. The molecule has 2 rings (SSSR count). The van der Waals surface area contributed by atoms with Gasteiger partial charge in [0, 0.05) is 25.1 Å². The van der Waals surface area contributed by atoms with Crippen molar-refractivity contribution >= 4 is 5.91 Å². The van der Waals surface area contributed by atoms with E-state index in [0.717, 1.165) is 32.4 Å². The Kier molecular flexibility index (Phi) is 5.00. The number of carbonyl (C=O) groups excluding carboxylic acids is 1. The predicted molar refractivity (Wildman–Crippen MR) is 77.1 cm³/mol. The first kappa shape index (κ1) is 14.8. The van der Waals surface area contributed by atoms with E-state index in [4.69, 9.17) is 4.74 Å². The number of rotatable bonds is 6. The van der Waals surface area contributed by atoms with Gasteiger partial charge in [-0.1, -0.05) is 0 Å². The highest BCUT2D eigenvalue weighted by molar-refractivity contribution is 5.92. The summed E-state index contributed by atoms with van der Waals surface area (Å²) >= 11 is 0. The van der Waals surface area contributed by atoms with Crippen LogP contribution >= 0.6 is 0 Å². The Hall–Kier alpha value is -1.56. The van der Waals surface area contributed by atoms with Gasteiger partial charge in [-0.05, 0) is 40.4 Å². The van der Waals surface area contributed by atoms with Crippen LogP contribution < -0.4 is 10.1 Å². The summed E-state index contributed by atoms with van der Waals surface area (Å²) in [4.78, 5) is 14.3. The number of hydrogen-bond acceptors (Lipinski definition) is 4. The molecule has 1 atom stereocenters. The van der Waals surface area contributed by atoms with Crippen molar-refractivity contribution < 1.29 is 9.53 Å². The summed E-state index contributed by atoms with van der Waals surface area (Å²) < 4.78 is 7.22. The number of nitrogens with zero attached hydrogens (tertiary/aromatic N) is 3. The van der Waals surface area contributed by atoms with Crippen LogP contribution in [-0.4, -0.2) is 53.9 Å². The minimum absolute atomic E-state index is 0.118. The van der Waals surface area contributed by atoms with Crippen molar-refractivity contribution in [1.82, 2.24) is 20.0 Å². The number of fused-ring (bicyclic) bond motifs is 1. The van der Waals surface area contributed by atoms with Gasteiger partial charge in [0.25, 0.3) is 5.91 Å². The van der Waals surface area contributed by atoms with Crippen LogP contribution in [0, 0.1) is 0 Å². The van der Waals surface area contributed by atoms with E-state index in [1.54, 1.807) is 10.7 Å². The zero-order valence-electron chi connectivity index (χ0n) is 12.6. The zero-order chi connectivity index (χ0) is 14.5. The molecule has 0 aliphatic carbocycles. The quantitative estimate of drug-likeness (QED) is 0.848. The highest BCUT2D eigenvalue weighted by Crippen LogP contribution is 2.18. The smallest absolute Gasteiger partial charge is 0.272 e. The molecular formula is C14H24N4O2. The van der Waals surface area contributed by atoms with E-state index in [1.165, 1.54) is 0 Å². The van der Waals surface area contributed by atoms with Crippen molar-refractivity contribution in [2.24, 2.45) is 0 Å². The molecule has 0 saturated heterocycles. The minimum Gasteiger partial charge on any atom is -0.478 e. The van der Waals surface area contributed by atoms with E-state index >= 15 is 0 Å². The normalized spacial score (nSPS) is 15.6. The first-order chi connectivity index (χ1) is 9.56. The Labute approximate surface area is 120 Å². The van der Waals surface area contributed by atoms with Crippen molar-refractivity contribution in [3.63, 3.8) is 0 Å². The first-order valence-electron chi connectivity index (χ1n) is 7.22. The maximum Gasteiger partial charge on any atom is 0.272 e. The Bertz CT molecular complexity index is 433. The second kappa shape index (κ2) is 6.74. The van der Waals surface area contributed by atoms with Crippen molar-refractivity contribution in [2.45, 2.75) is 38.8 Å². The molecule has 20 heavy (non-hydrogen) atoms. The molecule has 0 bridgehead atoms. The lowest BCUT2D eigenvalue weighted by Gasteiger charge is -2.14. The van der Waals surface area contributed by atoms with Gasteiger partial charge in [0.2, 0.25) is 5.88 Å². The Morgan fingerprint density at radius 3 is 3.10 bits per heavy atom. The minimum atomic E-state index is -0.118. The third-order valence-electron chi connectivity index (χ3n) is 3.36. The fourth-order valence-corrected chi connectivity index (χ4v) is 2.26. The molecule has 0 aromatic carbocycles. The fourth-order valence-electron chi connectivity index (χ4n) is 2.26. The largest absolute Gasteiger partial charge is 0.478 e. The second-order valence-corrected chi connectivity index (χ2v) is 5.61. The molecule has 2 heterocycles. The highest BCUT2D eigenvalue weighted by atomic mass is 16.5. The zero-order valence-corrected chi connectivity index (χ0v) is 12.6. The van der Waals surface area contributed by atoms with Gasteiger partial charge in [0.1, 0.15) is 0 Å². The number of aryl methyl sites for hydroxylation is 1. The van der Waals surface area contributed by atoms with Gasteiger partial charge in [0.05, 0.1) is 6.61 Å². The molecule has 6 nitrogen and oxygen atoms in total. The lowest BCUT2D eigenvalue weighted by Crippen LogP contribution is -2.33. The van der Waals surface area contributed by atoms with Gasteiger partial charge in [-0.15, -0.1) is 0 Å². The van der Waals surface area contributed by atoms with Gasteiger partial charge < -0.3 is 15.0 Å². The summed E-state index contributed by atoms with van der Waals surface area (Å²) in [6.45, 7) is 4.58. The maximum absolute atomic E-state index is 12.1. The molecule has 1 amide bonds. The maximum atomic E-state index is 12.1. The molecule has 6 heteroatoms. The number of aromatic nitrogens is 2. The van der Waals surface area contributed by atoms with Crippen molar-refractivity contribution in [2.75, 3.05) is 27.2 Å². The summed E-state index contributed by atoms with van der Waals surface area (Å²) in [6.07, 6.45) is 2.97. The Balaban J connectivity index is 1.83. The van der Waals surface area contributed by atoms with E-state index < -0.39 is 0 Å². The summed E-state index contributed by atoms with van der Waals surface area (Å²) in [7, 11) is 4.11. The molecular weight excluding hydrogens is 256 g/mol. The van der Waals surface area contributed by atoms with Crippen molar-refractivity contribution in [3.8, 4) is 5.88 Å². The molecule has 1 unspecified atom stereocenters. The van der Waals surface area contributed by atoms with Crippen molar-refractivity contribution in [1.29, 1.82) is 0 Å². The third kappa shape index (κ3) is 3.96. The summed E-state index contributed by atoms with van der Waals surface area (Å²) in [6, 6.07) is 1.88. The van der Waals surface area contributed by atoms with Crippen LogP contribution in [0.25, 0.3) is 0 Å². The number of ether oxygens (including phenoxy) is 1. The third-order valence-corrected chi connectivity index (χ3v) is 3.36. The van der Waals surface area contributed by atoms with E-state index in [9.17, 15) is 4.79 Å². The standard InChI is InChI=1S/C14H24N4O2/c1-11(6-4-7-17(2)3)15-14(19)12-10-13-18(16-12)8-5-9-20-13/h10-11H,4-9H2,1-3H3,(H,15,19). The van der Waals surface area contributed by atoms with Crippen LogP contribution in [0.5, 0.6) is 5.88 Å². The van der Waals surface area contributed by atoms with Crippen LogP contribution in [-0.2, 0) is 6.54 Å². The predicted octanol–water partition coefficient (Wildman–Crippen LogP) is 1.13. The van der Waals surface area contributed by atoms with E-state index in [2.05, 4.69) is 29.4 Å². The monoisotopic (exact) mass is 280 g/mol. The molecule has 1 aliphatic rings. The van der Waals surface area contributed by atoms with Crippen LogP contribution in [0.2, 0.25) is 0 Å². The summed E-state index contributed by atoms with van der Waals surface area (Å²) in [5.74, 6) is 0.578. The first-order valence-corrected chi connectivity index (χ1v) is 7.22. The van der Waals surface area contributed by atoms with E-state index in [1.807, 2.05) is 6.92 Å². The van der Waals surface area contributed by atoms with E-state index in [-0.39, 0.29) is 11.9 Å².